The number of nitrogens with one attached hydrogen (secondary N) is 4. The highest BCUT2D eigenvalue weighted by molar-refractivity contribution is 8.14. The summed E-state index contributed by atoms with van der Waals surface area (Å²) in [5.74, 6) is 0.522. The van der Waals surface area contributed by atoms with E-state index in [0.717, 1.165) is 24.0 Å². The largest absolute Gasteiger partial charge is 0.493 e. The van der Waals surface area contributed by atoms with E-state index in [1.165, 1.54) is 11.8 Å². The van der Waals surface area contributed by atoms with E-state index in [-0.39, 0.29) is 37.1 Å². The Balaban J connectivity index is 1.67. The molecule has 0 saturated carbocycles. The fourth-order valence-corrected chi connectivity index (χ4v) is 4.52. The predicted molar refractivity (Wildman–Crippen MR) is 165 cm³/mol. The first kappa shape index (κ1) is 33.4. The van der Waals surface area contributed by atoms with Crippen molar-refractivity contribution in [3.63, 3.8) is 0 Å². The van der Waals surface area contributed by atoms with Gasteiger partial charge in [-0.15, -0.1) is 0 Å². The molecule has 0 radical (unpaired) electrons. The third-order valence-corrected chi connectivity index (χ3v) is 6.81. The van der Waals surface area contributed by atoms with Gasteiger partial charge in [0.25, 0.3) is 0 Å². The lowest BCUT2D eigenvalue weighted by Gasteiger charge is -2.18. The predicted octanol–water partition coefficient (Wildman–Crippen LogP) is 2.88. The van der Waals surface area contributed by atoms with Gasteiger partial charge < -0.3 is 31.9 Å². The monoisotopic (exact) mass is 582 g/mol. The average molecular weight is 583 g/mol. The summed E-state index contributed by atoms with van der Waals surface area (Å²) in [7, 11) is 1.73. The molecule has 11 heteroatoms. The zero-order chi connectivity index (χ0) is 29.9. The number of carbonyl (C=O) groups excluding carboxylic acids is 2. The van der Waals surface area contributed by atoms with E-state index in [9.17, 15) is 9.59 Å². The SMILES string of the molecule is CNC(NC(=O)Cc1cccc(OCCCO)c1)SC(=N)CCCC/C(N)=C/C=C(\N)NC(=O)Cc1ccccc1. The summed E-state index contributed by atoms with van der Waals surface area (Å²) in [6.07, 6.45) is 6.98. The molecule has 2 rings (SSSR count). The molecule has 1 unspecified atom stereocenters. The number of rotatable bonds is 18. The van der Waals surface area contributed by atoms with Crippen LogP contribution in [-0.2, 0) is 22.4 Å². The Morgan fingerprint density at radius 2 is 1.68 bits per heavy atom. The molecule has 0 aliphatic carbocycles. The third kappa shape index (κ3) is 15.0. The van der Waals surface area contributed by atoms with Crippen molar-refractivity contribution >= 4 is 28.6 Å². The molecule has 9 N–H and O–H groups in total. The van der Waals surface area contributed by atoms with E-state index in [0.29, 0.717) is 42.4 Å². The van der Waals surface area contributed by atoms with E-state index in [1.54, 1.807) is 19.2 Å². The second kappa shape index (κ2) is 19.3. The van der Waals surface area contributed by atoms with Crippen LogP contribution in [0.3, 0.4) is 0 Å². The van der Waals surface area contributed by atoms with Crippen LogP contribution in [0, 0.1) is 5.41 Å². The summed E-state index contributed by atoms with van der Waals surface area (Å²) < 4.78 is 5.57. The maximum absolute atomic E-state index is 12.6. The van der Waals surface area contributed by atoms with E-state index >= 15 is 0 Å². The van der Waals surface area contributed by atoms with Crippen molar-refractivity contribution in [2.45, 2.75) is 50.4 Å². The number of carbonyl (C=O) groups is 2. The summed E-state index contributed by atoms with van der Waals surface area (Å²) in [6.45, 7) is 0.479. The molecule has 2 aromatic rings. The molecule has 0 saturated heterocycles. The van der Waals surface area contributed by atoms with E-state index in [1.807, 2.05) is 54.6 Å². The van der Waals surface area contributed by atoms with Gasteiger partial charge in [0.1, 0.15) is 17.1 Å². The van der Waals surface area contributed by atoms with Gasteiger partial charge in [-0.25, -0.2) is 0 Å². The maximum Gasteiger partial charge on any atom is 0.229 e. The van der Waals surface area contributed by atoms with Gasteiger partial charge in [-0.05, 0) is 68.1 Å². The van der Waals surface area contributed by atoms with Crippen LogP contribution in [0.25, 0.3) is 0 Å². The van der Waals surface area contributed by atoms with Crippen molar-refractivity contribution in [2.75, 3.05) is 20.3 Å². The Bertz CT molecular complexity index is 1170. The number of benzene rings is 2. The lowest BCUT2D eigenvalue weighted by atomic mass is 10.1. The topological polar surface area (TPSA) is 176 Å². The number of aliphatic hydroxyl groups is 1. The highest BCUT2D eigenvalue weighted by Gasteiger charge is 2.14. The van der Waals surface area contributed by atoms with Gasteiger partial charge in [0.05, 0.1) is 24.5 Å². The minimum Gasteiger partial charge on any atom is -0.493 e. The van der Waals surface area contributed by atoms with Gasteiger partial charge in [0.15, 0.2) is 0 Å². The molecule has 0 aliphatic heterocycles. The zero-order valence-electron chi connectivity index (χ0n) is 23.5. The van der Waals surface area contributed by atoms with Gasteiger partial charge in [-0.3, -0.25) is 20.3 Å². The molecule has 0 heterocycles. The smallest absolute Gasteiger partial charge is 0.229 e. The Morgan fingerprint density at radius 1 is 0.976 bits per heavy atom. The van der Waals surface area contributed by atoms with Crippen LogP contribution in [0.2, 0.25) is 0 Å². The van der Waals surface area contributed by atoms with Crippen molar-refractivity contribution in [1.82, 2.24) is 16.0 Å². The summed E-state index contributed by atoms with van der Waals surface area (Å²) in [5, 5.41) is 26.2. The van der Waals surface area contributed by atoms with E-state index in [4.69, 9.17) is 26.7 Å². The van der Waals surface area contributed by atoms with Gasteiger partial charge in [0.2, 0.25) is 11.8 Å². The van der Waals surface area contributed by atoms with E-state index < -0.39 is 5.50 Å². The molecule has 222 valence electrons. The summed E-state index contributed by atoms with van der Waals surface area (Å²) >= 11 is 1.26. The number of amides is 2. The first-order chi connectivity index (χ1) is 19.8. The highest BCUT2D eigenvalue weighted by Crippen LogP contribution is 2.16. The number of aliphatic hydroxyl groups excluding tert-OH is 1. The Hall–Kier alpha value is -3.80. The molecule has 0 fully saturated rings. The molecule has 0 aliphatic rings. The van der Waals surface area contributed by atoms with Crippen LogP contribution in [-0.4, -0.2) is 47.7 Å². The molecular weight excluding hydrogens is 540 g/mol. The number of hydrogen-bond acceptors (Lipinski definition) is 9. The summed E-state index contributed by atoms with van der Waals surface area (Å²) in [4.78, 5) is 24.6. The number of allylic oxidation sites excluding steroid dienone is 3. The number of ether oxygens (including phenoxy) is 1. The third-order valence-electron chi connectivity index (χ3n) is 5.74. The lowest BCUT2D eigenvalue weighted by molar-refractivity contribution is -0.121. The van der Waals surface area contributed by atoms with Crippen molar-refractivity contribution < 1.29 is 19.4 Å². The highest BCUT2D eigenvalue weighted by atomic mass is 32.2. The molecule has 2 aromatic carbocycles. The first-order valence-corrected chi connectivity index (χ1v) is 14.5. The van der Waals surface area contributed by atoms with Crippen LogP contribution in [0.1, 0.15) is 43.2 Å². The first-order valence-electron chi connectivity index (χ1n) is 13.6. The average Bonchev–Trinajstić information content (AvgIpc) is 2.94. The molecule has 0 aromatic heterocycles. The van der Waals surface area contributed by atoms with Gasteiger partial charge >= 0.3 is 0 Å². The minimum absolute atomic E-state index is 0.0661. The fraction of sp³-hybridized carbons (Fsp3) is 0.367. The Labute approximate surface area is 246 Å². The van der Waals surface area contributed by atoms with Gasteiger partial charge in [-0.1, -0.05) is 54.2 Å². The van der Waals surface area contributed by atoms with Crippen molar-refractivity contribution in [3.8, 4) is 5.75 Å². The van der Waals surface area contributed by atoms with Gasteiger partial charge in [0, 0.05) is 18.7 Å². The lowest BCUT2D eigenvalue weighted by Crippen LogP contribution is -2.42. The number of nitrogens with two attached hydrogens (primary N) is 2. The quantitative estimate of drug-likeness (QED) is 0.0461. The van der Waals surface area contributed by atoms with Crippen LogP contribution in [0.5, 0.6) is 5.75 Å². The molecule has 2 amide bonds. The van der Waals surface area contributed by atoms with Crippen LogP contribution in [0.4, 0.5) is 0 Å². The summed E-state index contributed by atoms with van der Waals surface area (Å²) in [6, 6.07) is 16.7. The number of hydrogen-bond donors (Lipinski definition) is 7. The van der Waals surface area contributed by atoms with Crippen LogP contribution < -0.4 is 32.2 Å². The number of thioether (sulfide) groups is 1. The zero-order valence-corrected chi connectivity index (χ0v) is 24.3. The van der Waals surface area contributed by atoms with Crippen LogP contribution >= 0.6 is 11.8 Å². The minimum atomic E-state index is -0.422. The fourth-order valence-electron chi connectivity index (χ4n) is 3.67. The maximum atomic E-state index is 12.6. The Kier molecular flexibility index (Phi) is 15.7. The molecule has 10 nitrogen and oxygen atoms in total. The normalized spacial score (nSPS) is 12.4. The molecule has 1 atom stereocenters. The standard InChI is InChI=1S/C30H42N6O4S/c1-34-30(36-29(39)21-23-11-7-13-25(19-23)40-18-8-17-37)41-27(33)14-6-5-12-24(31)15-16-26(32)35-28(38)20-22-9-3-2-4-10-22/h2-4,7,9-11,13,15-16,19,30,33-34,37H,5-6,8,12,14,17-18,20-21,31-32H2,1H3,(H,35,38)(H,36,39)/b24-15-,26-16+,33-27?. The second-order valence-corrected chi connectivity index (χ2v) is 10.5. The van der Waals surface area contributed by atoms with E-state index in [2.05, 4.69) is 16.0 Å². The molecule has 0 bridgehead atoms. The molecule has 0 spiro atoms. The van der Waals surface area contributed by atoms with Crippen molar-refractivity contribution in [2.24, 2.45) is 11.5 Å². The van der Waals surface area contributed by atoms with Crippen molar-refractivity contribution in [3.05, 3.63) is 89.4 Å². The van der Waals surface area contributed by atoms with Crippen LogP contribution in [0.15, 0.2) is 78.3 Å². The Morgan fingerprint density at radius 3 is 2.41 bits per heavy atom. The summed E-state index contributed by atoms with van der Waals surface area (Å²) in [5.41, 5.74) is 13.9. The second-order valence-electron chi connectivity index (χ2n) is 9.31. The van der Waals surface area contributed by atoms with Crippen molar-refractivity contribution in [1.29, 1.82) is 5.41 Å². The van der Waals surface area contributed by atoms with Gasteiger partial charge in [-0.2, -0.15) is 0 Å². The number of unbranched alkanes of at least 4 members (excludes halogenated alkanes) is 1. The molecule has 41 heavy (non-hydrogen) atoms. The molecular formula is C30H42N6O4S.